The topological polar surface area (TPSA) is 66.8 Å². The molecule has 1 N–H and O–H groups in total. The first kappa shape index (κ1) is 16.6. The van der Waals surface area contributed by atoms with E-state index in [-0.39, 0.29) is 19.8 Å². The Hall–Kier alpha value is -1.46. The van der Waals surface area contributed by atoms with Gasteiger partial charge in [0.25, 0.3) is 0 Å². The van der Waals surface area contributed by atoms with Gasteiger partial charge in [-0.05, 0) is 18.2 Å². The van der Waals surface area contributed by atoms with Crippen LogP contribution in [0.2, 0.25) is 0 Å². The summed E-state index contributed by atoms with van der Waals surface area (Å²) in [6.07, 6.45) is 0. The van der Waals surface area contributed by atoms with E-state index in [2.05, 4.69) is 11.8 Å². The van der Waals surface area contributed by atoms with Gasteiger partial charge in [-0.2, -0.15) is 4.31 Å². The van der Waals surface area contributed by atoms with Gasteiger partial charge in [-0.15, -0.1) is 0 Å². The molecule has 0 saturated carbocycles. The molecule has 7 heteroatoms. The Bertz CT molecular complexity index is 619. The standard InChI is InChI=1S/C13H16FNO4S/c1-15(7-9-19-2)20(17,18)13-6-5-11(4-3-8-16)10-12(13)14/h5-6,10,16H,7-9H2,1-2H3. The van der Waals surface area contributed by atoms with Gasteiger partial charge in [0.2, 0.25) is 10.0 Å². The molecular weight excluding hydrogens is 285 g/mol. The van der Waals surface area contributed by atoms with Crippen LogP contribution < -0.4 is 0 Å². The monoisotopic (exact) mass is 301 g/mol. The van der Waals surface area contributed by atoms with Crippen LogP contribution in [0.25, 0.3) is 0 Å². The van der Waals surface area contributed by atoms with Gasteiger partial charge in [0.15, 0.2) is 0 Å². The molecule has 0 saturated heterocycles. The first-order chi connectivity index (χ1) is 9.43. The smallest absolute Gasteiger partial charge is 0.245 e. The number of ether oxygens (including phenoxy) is 1. The number of hydrogen-bond acceptors (Lipinski definition) is 4. The van der Waals surface area contributed by atoms with Crippen LogP contribution in [0.4, 0.5) is 4.39 Å². The Balaban J connectivity index is 3.07. The lowest BCUT2D eigenvalue weighted by molar-refractivity contribution is 0.185. The third kappa shape index (κ3) is 4.02. The quantitative estimate of drug-likeness (QED) is 0.801. The highest BCUT2D eigenvalue weighted by Crippen LogP contribution is 2.19. The summed E-state index contributed by atoms with van der Waals surface area (Å²) in [5.41, 5.74) is 0.301. The fourth-order valence-electron chi connectivity index (χ4n) is 1.44. The highest BCUT2D eigenvalue weighted by atomic mass is 32.2. The molecular formula is C13H16FNO4S. The van der Waals surface area contributed by atoms with Crippen molar-refractivity contribution in [2.24, 2.45) is 0 Å². The normalized spacial score (nSPS) is 11.2. The van der Waals surface area contributed by atoms with Crippen molar-refractivity contribution >= 4 is 10.0 Å². The minimum absolute atomic E-state index is 0.129. The average Bonchev–Trinajstić information content (AvgIpc) is 2.42. The molecule has 0 unspecified atom stereocenters. The van der Waals surface area contributed by atoms with Crippen LogP contribution in [0.15, 0.2) is 23.1 Å². The first-order valence-electron chi connectivity index (χ1n) is 5.78. The van der Waals surface area contributed by atoms with Crippen LogP contribution in [0.5, 0.6) is 0 Å². The zero-order valence-corrected chi connectivity index (χ0v) is 12.1. The van der Waals surface area contributed by atoms with Crippen molar-refractivity contribution < 1.29 is 22.7 Å². The van der Waals surface area contributed by atoms with Gasteiger partial charge in [0.05, 0.1) is 6.61 Å². The van der Waals surface area contributed by atoms with E-state index in [1.54, 1.807) is 0 Å². The Labute approximate surface area is 118 Å². The summed E-state index contributed by atoms with van der Waals surface area (Å²) in [7, 11) is -1.09. The number of aliphatic hydroxyl groups is 1. The van der Waals surface area contributed by atoms with Crippen molar-refractivity contribution in [1.82, 2.24) is 4.31 Å². The average molecular weight is 301 g/mol. The number of nitrogens with zero attached hydrogens (tertiary/aromatic N) is 1. The molecule has 0 aromatic heterocycles. The van der Waals surface area contributed by atoms with Crippen LogP contribution in [-0.2, 0) is 14.8 Å². The molecule has 0 amide bonds. The first-order valence-corrected chi connectivity index (χ1v) is 7.22. The number of aliphatic hydroxyl groups excluding tert-OH is 1. The molecule has 0 heterocycles. The highest BCUT2D eigenvalue weighted by molar-refractivity contribution is 7.89. The zero-order valence-electron chi connectivity index (χ0n) is 11.3. The molecule has 0 spiro atoms. The van der Waals surface area contributed by atoms with E-state index >= 15 is 0 Å². The van der Waals surface area contributed by atoms with Crippen LogP contribution in [0.1, 0.15) is 5.56 Å². The lowest BCUT2D eigenvalue weighted by atomic mass is 10.2. The molecule has 0 radical (unpaired) electrons. The van der Waals surface area contributed by atoms with Gasteiger partial charge in [0.1, 0.15) is 17.3 Å². The number of sulfonamides is 1. The summed E-state index contributed by atoms with van der Waals surface area (Å²) in [5.74, 6) is 4.00. The van der Waals surface area contributed by atoms with Gasteiger partial charge >= 0.3 is 0 Å². The highest BCUT2D eigenvalue weighted by Gasteiger charge is 2.24. The minimum Gasteiger partial charge on any atom is -0.384 e. The summed E-state index contributed by atoms with van der Waals surface area (Å²) in [5, 5.41) is 8.55. The number of hydrogen-bond donors (Lipinski definition) is 1. The Kier molecular flexibility index (Phi) is 6.10. The largest absolute Gasteiger partial charge is 0.384 e. The summed E-state index contributed by atoms with van der Waals surface area (Å²) < 4.78 is 44.0. The number of likely N-dealkylation sites (N-methyl/N-ethyl adjacent to an activating group) is 1. The fourth-order valence-corrected chi connectivity index (χ4v) is 2.63. The van der Waals surface area contributed by atoms with Gasteiger partial charge in [-0.1, -0.05) is 11.8 Å². The second-order valence-electron chi connectivity index (χ2n) is 3.92. The molecule has 0 aliphatic carbocycles. The molecule has 5 nitrogen and oxygen atoms in total. The lowest BCUT2D eigenvalue weighted by Gasteiger charge is -2.17. The molecule has 1 aromatic rings. The van der Waals surface area contributed by atoms with Gasteiger partial charge in [-0.3, -0.25) is 0 Å². The Morgan fingerprint density at radius 2 is 2.15 bits per heavy atom. The van der Waals surface area contributed by atoms with E-state index in [1.807, 2.05) is 0 Å². The molecule has 0 fully saturated rings. The van der Waals surface area contributed by atoms with E-state index in [9.17, 15) is 12.8 Å². The SMILES string of the molecule is COCCN(C)S(=O)(=O)c1ccc(C#CCO)cc1F. The maximum atomic E-state index is 13.9. The molecule has 0 atom stereocenters. The van der Waals surface area contributed by atoms with Crippen molar-refractivity contribution in [3.05, 3.63) is 29.6 Å². The van der Waals surface area contributed by atoms with Crippen LogP contribution in [-0.4, -0.2) is 51.7 Å². The van der Waals surface area contributed by atoms with Crippen LogP contribution >= 0.6 is 0 Å². The second-order valence-corrected chi connectivity index (χ2v) is 5.94. The third-order valence-corrected chi connectivity index (χ3v) is 4.43. The summed E-state index contributed by atoms with van der Waals surface area (Å²) >= 11 is 0. The van der Waals surface area contributed by atoms with E-state index in [0.29, 0.717) is 5.56 Å². The molecule has 0 aliphatic rings. The number of methoxy groups -OCH3 is 1. The lowest BCUT2D eigenvalue weighted by Crippen LogP contribution is -2.30. The molecule has 0 bridgehead atoms. The number of benzene rings is 1. The van der Waals surface area contributed by atoms with Crippen molar-refractivity contribution in [2.75, 3.05) is 33.9 Å². The van der Waals surface area contributed by atoms with Crippen molar-refractivity contribution in [3.8, 4) is 11.8 Å². The van der Waals surface area contributed by atoms with E-state index in [0.717, 1.165) is 16.4 Å². The van der Waals surface area contributed by atoms with Gasteiger partial charge in [-0.25, -0.2) is 12.8 Å². The van der Waals surface area contributed by atoms with Crippen molar-refractivity contribution in [2.45, 2.75) is 4.90 Å². The minimum atomic E-state index is -3.90. The van der Waals surface area contributed by atoms with Gasteiger partial charge in [0, 0.05) is 26.3 Å². The van der Waals surface area contributed by atoms with Crippen LogP contribution in [0.3, 0.4) is 0 Å². The molecule has 110 valence electrons. The zero-order chi connectivity index (χ0) is 15.2. The summed E-state index contributed by atoms with van der Waals surface area (Å²) in [4.78, 5) is -0.411. The number of halogens is 1. The van der Waals surface area contributed by atoms with Gasteiger partial charge < -0.3 is 9.84 Å². The van der Waals surface area contributed by atoms with E-state index < -0.39 is 20.7 Å². The maximum absolute atomic E-state index is 13.9. The third-order valence-electron chi connectivity index (χ3n) is 2.54. The van der Waals surface area contributed by atoms with E-state index in [1.165, 1.54) is 20.2 Å². The predicted octanol–water partition coefficient (Wildman–Crippen LogP) is 0.436. The van der Waals surface area contributed by atoms with Crippen molar-refractivity contribution in [1.29, 1.82) is 0 Å². The molecule has 20 heavy (non-hydrogen) atoms. The molecule has 0 aliphatic heterocycles. The Morgan fingerprint density at radius 1 is 1.45 bits per heavy atom. The number of rotatable bonds is 5. The summed E-state index contributed by atoms with van der Waals surface area (Å²) in [6.45, 7) is 0.00315. The molecule has 1 rings (SSSR count). The van der Waals surface area contributed by atoms with Crippen molar-refractivity contribution in [3.63, 3.8) is 0 Å². The summed E-state index contributed by atoms with van der Waals surface area (Å²) in [6, 6.07) is 3.58. The Morgan fingerprint density at radius 3 is 2.70 bits per heavy atom. The molecule has 1 aromatic carbocycles. The predicted molar refractivity (Wildman–Crippen MR) is 72.1 cm³/mol. The maximum Gasteiger partial charge on any atom is 0.245 e. The second kappa shape index (κ2) is 7.36. The van der Waals surface area contributed by atoms with Crippen LogP contribution in [0, 0.1) is 17.7 Å². The van der Waals surface area contributed by atoms with E-state index in [4.69, 9.17) is 9.84 Å². The fraction of sp³-hybridized carbons (Fsp3) is 0.385.